The van der Waals surface area contributed by atoms with E-state index in [9.17, 15) is 8.42 Å². The summed E-state index contributed by atoms with van der Waals surface area (Å²) in [5, 5.41) is 0. The van der Waals surface area contributed by atoms with Crippen molar-refractivity contribution >= 4 is 21.6 Å². The van der Waals surface area contributed by atoms with Gasteiger partial charge in [0.25, 0.3) is 0 Å². The fourth-order valence-corrected chi connectivity index (χ4v) is 3.29. The molecule has 6 heteroatoms. The van der Waals surface area contributed by atoms with Gasteiger partial charge in [-0.05, 0) is 26.8 Å². The number of para-hydroxylation sites is 1. The number of halogens is 1. The average molecular weight is 306 g/mol. The van der Waals surface area contributed by atoms with Crippen LogP contribution in [-0.4, -0.2) is 26.2 Å². The number of sulfonamides is 1. The quantitative estimate of drug-likeness (QED) is 0.788. The second kappa shape index (κ2) is 7.12. The molecule has 0 radical (unpaired) electrons. The van der Waals surface area contributed by atoms with E-state index >= 15 is 0 Å². The molecule has 0 saturated heterocycles. The predicted molar refractivity (Wildman–Crippen MR) is 78.3 cm³/mol. The summed E-state index contributed by atoms with van der Waals surface area (Å²) >= 11 is 5.47. The monoisotopic (exact) mass is 305 g/mol. The second-order valence-electron chi connectivity index (χ2n) is 4.55. The molecule has 0 aliphatic heterocycles. The third-order valence-corrected chi connectivity index (χ3v) is 4.32. The number of hydrogen-bond donors (Lipinski definition) is 1. The van der Waals surface area contributed by atoms with Gasteiger partial charge in [-0.15, -0.1) is 11.6 Å². The number of nitrogens with one attached hydrogen (secondary N) is 1. The van der Waals surface area contributed by atoms with Crippen LogP contribution in [0, 0.1) is 0 Å². The molecule has 4 nitrogen and oxygen atoms in total. The van der Waals surface area contributed by atoms with Crippen molar-refractivity contribution in [2.45, 2.75) is 32.9 Å². The molecule has 0 heterocycles. The minimum Gasteiger partial charge on any atom is -0.491 e. The van der Waals surface area contributed by atoms with Crippen molar-refractivity contribution in [3.05, 3.63) is 29.8 Å². The Kier molecular flexibility index (Phi) is 6.10. The Labute approximate surface area is 120 Å². The molecule has 1 rings (SSSR count). The molecule has 0 aromatic heterocycles. The van der Waals surface area contributed by atoms with Crippen LogP contribution in [-0.2, 0) is 10.0 Å². The Morgan fingerprint density at radius 2 is 1.89 bits per heavy atom. The minimum atomic E-state index is -3.36. The normalized spacial score (nSPS) is 13.5. The molecule has 0 amide bonds. The Morgan fingerprint density at radius 1 is 1.26 bits per heavy atom. The maximum Gasteiger partial charge on any atom is 0.213 e. The maximum atomic E-state index is 11.7. The van der Waals surface area contributed by atoms with Crippen molar-refractivity contribution < 1.29 is 13.2 Å². The molecule has 0 spiro atoms. The van der Waals surface area contributed by atoms with Crippen molar-refractivity contribution in [3.63, 3.8) is 0 Å². The molecule has 0 aliphatic carbocycles. The van der Waals surface area contributed by atoms with Crippen LogP contribution in [0.3, 0.4) is 0 Å². The first-order valence-corrected chi connectivity index (χ1v) is 8.36. The summed E-state index contributed by atoms with van der Waals surface area (Å²) in [6.07, 6.45) is 0.0350. The van der Waals surface area contributed by atoms with E-state index in [0.29, 0.717) is 5.75 Å². The Morgan fingerprint density at radius 3 is 2.47 bits per heavy atom. The third-order valence-electron chi connectivity index (χ3n) is 2.45. The summed E-state index contributed by atoms with van der Waals surface area (Å²) in [7, 11) is -3.36. The topological polar surface area (TPSA) is 55.4 Å². The zero-order chi connectivity index (χ0) is 14.5. The molecule has 0 saturated carbocycles. The lowest BCUT2D eigenvalue weighted by molar-refractivity contribution is 0.238. The SMILES string of the molecule is CC(C)Oc1ccccc1C(C)NS(=O)(=O)CCCl. The van der Waals surface area contributed by atoms with Crippen LogP contribution in [0.1, 0.15) is 32.4 Å². The third kappa shape index (κ3) is 5.38. The fourth-order valence-electron chi connectivity index (χ4n) is 1.69. The van der Waals surface area contributed by atoms with Gasteiger partial charge in [0.2, 0.25) is 10.0 Å². The van der Waals surface area contributed by atoms with Gasteiger partial charge < -0.3 is 4.74 Å². The van der Waals surface area contributed by atoms with E-state index in [-0.39, 0.29) is 23.8 Å². The zero-order valence-electron chi connectivity index (χ0n) is 11.4. The summed E-state index contributed by atoms with van der Waals surface area (Å²) < 4.78 is 31.7. The highest BCUT2D eigenvalue weighted by molar-refractivity contribution is 7.89. The number of rotatable bonds is 7. The van der Waals surface area contributed by atoms with Crippen molar-refractivity contribution in [1.29, 1.82) is 0 Å². The second-order valence-corrected chi connectivity index (χ2v) is 6.80. The van der Waals surface area contributed by atoms with Crippen LogP contribution in [0.4, 0.5) is 0 Å². The number of alkyl halides is 1. The summed E-state index contributed by atoms with van der Waals surface area (Å²) in [4.78, 5) is 0. The molecular formula is C13H20ClNO3S. The number of benzene rings is 1. The number of ether oxygens (including phenoxy) is 1. The minimum absolute atomic E-state index is 0.0350. The predicted octanol–water partition coefficient (Wildman–Crippen LogP) is 2.69. The first kappa shape index (κ1) is 16.3. The Bertz CT molecular complexity index is 502. The first-order chi connectivity index (χ1) is 8.85. The average Bonchev–Trinajstić information content (AvgIpc) is 2.27. The summed E-state index contributed by atoms with van der Waals surface area (Å²) in [5.74, 6) is 0.678. The highest BCUT2D eigenvalue weighted by Gasteiger charge is 2.18. The van der Waals surface area contributed by atoms with Gasteiger partial charge in [0, 0.05) is 17.5 Å². The van der Waals surface area contributed by atoms with Crippen molar-refractivity contribution in [1.82, 2.24) is 4.72 Å². The Balaban J connectivity index is 2.90. The molecule has 108 valence electrons. The lowest BCUT2D eigenvalue weighted by Gasteiger charge is -2.19. The highest BCUT2D eigenvalue weighted by Crippen LogP contribution is 2.26. The van der Waals surface area contributed by atoms with Gasteiger partial charge in [0.1, 0.15) is 5.75 Å². The highest BCUT2D eigenvalue weighted by atomic mass is 35.5. The van der Waals surface area contributed by atoms with Crippen LogP contribution in [0.25, 0.3) is 0 Å². The molecule has 0 fully saturated rings. The van der Waals surface area contributed by atoms with E-state index in [1.165, 1.54) is 0 Å². The first-order valence-electron chi connectivity index (χ1n) is 6.17. The van der Waals surface area contributed by atoms with Crippen LogP contribution in [0.15, 0.2) is 24.3 Å². The van der Waals surface area contributed by atoms with Gasteiger partial charge >= 0.3 is 0 Å². The van der Waals surface area contributed by atoms with Crippen LogP contribution in [0.5, 0.6) is 5.75 Å². The molecule has 1 N–H and O–H groups in total. The van der Waals surface area contributed by atoms with Crippen LogP contribution in [0.2, 0.25) is 0 Å². The fraction of sp³-hybridized carbons (Fsp3) is 0.538. The van der Waals surface area contributed by atoms with Gasteiger partial charge in [0.05, 0.1) is 11.9 Å². The standard InChI is InChI=1S/C13H20ClNO3S/c1-10(2)18-13-7-5-4-6-12(13)11(3)15-19(16,17)9-8-14/h4-7,10-11,15H,8-9H2,1-3H3. The molecule has 1 unspecified atom stereocenters. The van der Waals surface area contributed by atoms with Crippen molar-refractivity contribution in [2.24, 2.45) is 0 Å². The van der Waals surface area contributed by atoms with E-state index in [1.807, 2.05) is 38.1 Å². The largest absolute Gasteiger partial charge is 0.491 e. The van der Waals surface area contributed by atoms with Gasteiger partial charge in [-0.3, -0.25) is 0 Å². The van der Waals surface area contributed by atoms with Gasteiger partial charge in [-0.25, -0.2) is 13.1 Å². The molecule has 19 heavy (non-hydrogen) atoms. The summed E-state index contributed by atoms with van der Waals surface area (Å²) in [5.41, 5.74) is 0.814. The van der Waals surface area contributed by atoms with E-state index in [0.717, 1.165) is 5.56 Å². The molecule has 1 aromatic carbocycles. The molecule has 1 aromatic rings. The van der Waals surface area contributed by atoms with Crippen molar-refractivity contribution in [2.75, 3.05) is 11.6 Å². The summed E-state index contributed by atoms with van der Waals surface area (Å²) in [6.45, 7) is 5.65. The van der Waals surface area contributed by atoms with E-state index in [1.54, 1.807) is 6.92 Å². The maximum absolute atomic E-state index is 11.7. The molecule has 0 bridgehead atoms. The molecular weight excluding hydrogens is 286 g/mol. The van der Waals surface area contributed by atoms with Crippen LogP contribution >= 0.6 is 11.6 Å². The lowest BCUT2D eigenvalue weighted by atomic mass is 10.1. The van der Waals surface area contributed by atoms with Gasteiger partial charge in [-0.1, -0.05) is 18.2 Å². The molecule has 1 atom stereocenters. The summed E-state index contributed by atoms with van der Waals surface area (Å²) in [6, 6.07) is 7.05. The van der Waals surface area contributed by atoms with E-state index in [4.69, 9.17) is 16.3 Å². The number of hydrogen-bond acceptors (Lipinski definition) is 3. The van der Waals surface area contributed by atoms with Crippen LogP contribution < -0.4 is 9.46 Å². The van der Waals surface area contributed by atoms with E-state index < -0.39 is 10.0 Å². The van der Waals surface area contributed by atoms with Gasteiger partial charge in [0.15, 0.2) is 0 Å². The molecule has 0 aliphatic rings. The smallest absolute Gasteiger partial charge is 0.213 e. The zero-order valence-corrected chi connectivity index (χ0v) is 13.0. The lowest BCUT2D eigenvalue weighted by Crippen LogP contribution is -2.30. The van der Waals surface area contributed by atoms with E-state index in [2.05, 4.69) is 4.72 Å². The van der Waals surface area contributed by atoms with Crippen molar-refractivity contribution in [3.8, 4) is 5.75 Å². The van der Waals surface area contributed by atoms with Gasteiger partial charge in [-0.2, -0.15) is 0 Å². The Hall–Kier alpha value is -0.780.